The summed E-state index contributed by atoms with van der Waals surface area (Å²) in [6.07, 6.45) is -1.11. The van der Waals surface area contributed by atoms with Crippen LogP contribution in [0.15, 0.2) is 0 Å². The minimum atomic E-state index is -1.36. The SMILES string of the molecule is O=C(O)[C@@H]1CCON(C(=O)O)N1. The molecule has 0 unspecified atom stereocenters. The van der Waals surface area contributed by atoms with E-state index in [0.29, 0.717) is 5.17 Å². The molecule has 1 atom stereocenters. The highest BCUT2D eigenvalue weighted by atomic mass is 16.7. The Hall–Kier alpha value is -1.34. The second kappa shape index (κ2) is 3.37. The van der Waals surface area contributed by atoms with E-state index in [-0.39, 0.29) is 13.0 Å². The first-order chi connectivity index (χ1) is 5.61. The molecule has 0 aromatic heterocycles. The number of carboxylic acid groups (broad SMARTS) is 2. The van der Waals surface area contributed by atoms with E-state index in [4.69, 9.17) is 10.2 Å². The lowest BCUT2D eigenvalue weighted by molar-refractivity contribution is -0.204. The van der Waals surface area contributed by atoms with Crippen molar-refractivity contribution < 1.29 is 24.6 Å². The van der Waals surface area contributed by atoms with Gasteiger partial charge in [-0.2, -0.15) is 5.43 Å². The Morgan fingerprint density at radius 2 is 2.17 bits per heavy atom. The molecule has 68 valence electrons. The van der Waals surface area contributed by atoms with Crippen molar-refractivity contribution in [3.05, 3.63) is 0 Å². The van der Waals surface area contributed by atoms with Gasteiger partial charge in [0.2, 0.25) is 0 Å². The molecule has 1 aliphatic rings. The fraction of sp³-hybridized carbons (Fsp3) is 0.600. The van der Waals surface area contributed by atoms with Gasteiger partial charge in [0, 0.05) is 6.42 Å². The number of carbonyl (C=O) groups is 2. The number of rotatable bonds is 1. The van der Waals surface area contributed by atoms with Crippen LogP contribution < -0.4 is 5.43 Å². The summed E-state index contributed by atoms with van der Waals surface area (Å²) in [5, 5.41) is 17.3. The van der Waals surface area contributed by atoms with Crippen LogP contribution in [0.25, 0.3) is 0 Å². The summed E-state index contributed by atoms with van der Waals surface area (Å²) in [4.78, 5) is 25.2. The van der Waals surface area contributed by atoms with Crippen LogP contribution in [0.2, 0.25) is 0 Å². The van der Waals surface area contributed by atoms with E-state index in [9.17, 15) is 9.59 Å². The number of carboxylic acids is 1. The lowest BCUT2D eigenvalue weighted by atomic mass is 10.2. The number of aliphatic carboxylic acids is 1. The van der Waals surface area contributed by atoms with Gasteiger partial charge in [0.1, 0.15) is 6.04 Å². The summed E-state index contributed by atoms with van der Waals surface area (Å²) in [6.45, 7) is 0.0796. The predicted molar refractivity (Wildman–Crippen MR) is 35.0 cm³/mol. The third-order valence-corrected chi connectivity index (χ3v) is 1.37. The highest BCUT2D eigenvalue weighted by molar-refractivity contribution is 5.74. The molecule has 1 rings (SSSR count). The quantitative estimate of drug-likeness (QED) is 0.486. The first-order valence-electron chi connectivity index (χ1n) is 3.26. The summed E-state index contributed by atoms with van der Waals surface area (Å²) >= 11 is 0. The smallest absolute Gasteiger partial charge is 0.447 e. The van der Waals surface area contributed by atoms with Gasteiger partial charge >= 0.3 is 12.1 Å². The summed E-state index contributed by atoms with van der Waals surface area (Å²) in [5.41, 5.74) is 2.16. The van der Waals surface area contributed by atoms with Crippen LogP contribution in [-0.4, -0.2) is 40.1 Å². The average molecular weight is 176 g/mol. The third kappa shape index (κ3) is 1.83. The molecule has 0 saturated carbocycles. The highest BCUT2D eigenvalue weighted by Crippen LogP contribution is 2.03. The van der Waals surface area contributed by atoms with E-state index in [0.717, 1.165) is 0 Å². The topological polar surface area (TPSA) is 99.1 Å². The normalized spacial score (nSPS) is 23.7. The molecule has 12 heavy (non-hydrogen) atoms. The largest absolute Gasteiger partial charge is 0.480 e. The van der Waals surface area contributed by atoms with Crippen LogP contribution in [0.3, 0.4) is 0 Å². The Morgan fingerprint density at radius 1 is 1.50 bits per heavy atom. The zero-order valence-electron chi connectivity index (χ0n) is 6.06. The van der Waals surface area contributed by atoms with Crippen molar-refractivity contribution >= 4 is 12.1 Å². The fourth-order valence-corrected chi connectivity index (χ4v) is 0.794. The Labute approximate surface area is 67.5 Å². The van der Waals surface area contributed by atoms with Gasteiger partial charge in [-0.3, -0.25) is 9.63 Å². The summed E-state index contributed by atoms with van der Waals surface area (Å²) < 4.78 is 0. The van der Waals surface area contributed by atoms with Crippen LogP contribution in [-0.2, 0) is 9.63 Å². The van der Waals surface area contributed by atoms with Crippen LogP contribution in [0.1, 0.15) is 6.42 Å². The molecule has 7 nitrogen and oxygen atoms in total. The van der Waals surface area contributed by atoms with Crippen LogP contribution in [0.5, 0.6) is 0 Å². The Morgan fingerprint density at radius 3 is 2.67 bits per heavy atom. The predicted octanol–water partition coefficient (Wildman–Crippen LogP) is -0.740. The fourth-order valence-electron chi connectivity index (χ4n) is 0.794. The van der Waals surface area contributed by atoms with E-state index in [1.807, 2.05) is 0 Å². The van der Waals surface area contributed by atoms with Crippen molar-refractivity contribution in [1.29, 1.82) is 0 Å². The van der Waals surface area contributed by atoms with Crippen LogP contribution in [0, 0.1) is 0 Å². The number of hydrogen-bond donors (Lipinski definition) is 3. The number of hydrazine groups is 1. The van der Waals surface area contributed by atoms with Gasteiger partial charge in [-0.25, -0.2) is 4.79 Å². The molecule has 1 aliphatic heterocycles. The molecule has 0 spiro atoms. The number of nitrogens with one attached hydrogen (secondary N) is 1. The summed E-state index contributed by atoms with van der Waals surface area (Å²) in [5.74, 6) is -1.09. The first-order valence-corrected chi connectivity index (χ1v) is 3.26. The molecule has 3 N–H and O–H groups in total. The molecule has 7 heteroatoms. The van der Waals surface area contributed by atoms with Crippen LogP contribution in [0.4, 0.5) is 4.79 Å². The van der Waals surface area contributed by atoms with E-state index < -0.39 is 18.1 Å². The molecule has 1 amide bonds. The third-order valence-electron chi connectivity index (χ3n) is 1.37. The monoisotopic (exact) mass is 176 g/mol. The zero-order chi connectivity index (χ0) is 9.14. The molecule has 1 saturated heterocycles. The number of nitrogens with zero attached hydrogens (tertiary/aromatic N) is 1. The maximum atomic E-state index is 10.4. The van der Waals surface area contributed by atoms with Gasteiger partial charge < -0.3 is 10.2 Å². The molecule has 0 radical (unpaired) electrons. The molecule has 0 aromatic rings. The minimum Gasteiger partial charge on any atom is -0.480 e. The van der Waals surface area contributed by atoms with Gasteiger partial charge in [0.15, 0.2) is 0 Å². The Bertz CT molecular complexity index is 186. The van der Waals surface area contributed by atoms with Crippen molar-refractivity contribution in [2.45, 2.75) is 12.5 Å². The molecule has 1 heterocycles. The van der Waals surface area contributed by atoms with Crippen molar-refractivity contribution in [3.8, 4) is 0 Å². The van der Waals surface area contributed by atoms with E-state index >= 15 is 0 Å². The Kier molecular flexibility index (Phi) is 2.46. The molecule has 0 bridgehead atoms. The summed E-state index contributed by atoms with van der Waals surface area (Å²) in [6, 6.07) is -0.894. The molecule has 0 aliphatic carbocycles. The first kappa shape index (κ1) is 8.75. The van der Waals surface area contributed by atoms with Gasteiger partial charge in [-0.15, -0.1) is 5.17 Å². The number of hydroxylamine groups is 1. The molecule has 1 fully saturated rings. The van der Waals surface area contributed by atoms with Crippen molar-refractivity contribution in [2.75, 3.05) is 6.61 Å². The standard InChI is InChI=1S/C5H8N2O5/c8-4(9)3-1-2-12-7(6-3)5(10)11/h3,6H,1-2H2,(H,8,9)(H,10,11)/t3-/m0/s1. The molecular formula is C5H8N2O5. The Balaban J connectivity index is 2.51. The molecular weight excluding hydrogens is 168 g/mol. The van der Waals surface area contributed by atoms with Crippen molar-refractivity contribution in [3.63, 3.8) is 0 Å². The van der Waals surface area contributed by atoms with E-state index in [1.165, 1.54) is 0 Å². The van der Waals surface area contributed by atoms with Gasteiger partial charge in [0.25, 0.3) is 0 Å². The van der Waals surface area contributed by atoms with E-state index in [1.54, 1.807) is 0 Å². The summed E-state index contributed by atoms with van der Waals surface area (Å²) in [7, 11) is 0. The second-order valence-corrected chi connectivity index (χ2v) is 2.22. The van der Waals surface area contributed by atoms with Crippen molar-refractivity contribution in [2.24, 2.45) is 0 Å². The van der Waals surface area contributed by atoms with E-state index in [2.05, 4.69) is 10.3 Å². The lowest BCUT2D eigenvalue weighted by Gasteiger charge is -2.28. The van der Waals surface area contributed by atoms with Crippen molar-refractivity contribution in [1.82, 2.24) is 10.6 Å². The average Bonchev–Trinajstić information content (AvgIpc) is 2.04. The van der Waals surface area contributed by atoms with Gasteiger partial charge in [-0.1, -0.05) is 0 Å². The minimum absolute atomic E-state index is 0.0796. The van der Waals surface area contributed by atoms with Crippen LogP contribution >= 0.6 is 0 Å². The second-order valence-electron chi connectivity index (χ2n) is 2.22. The van der Waals surface area contributed by atoms with Gasteiger partial charge in [0.05, 0.1) is 6.61 Å². The highest BCUT2D eigenvalue weighted by Gasteiger charge is 2.28. The lowest BCUT2D eigenvalue weighted by Crippen LogP contribution is -2.54. The van der Waals surface area contributed by atoms with Gasteiger partial charge in [-0.05, 0) is 0 Å². The number of amides is 1. The molecule has 0 aromatic carbocycles. The maximum absolute atomic E-state index is 10.4. The number of hydrogen-bond acceptors (Lipinski definition) is 4. The maximum Gasteiger partial charge on any atom is 0.447 e. The zero-order valence-corrected chi connectivity index (χ0v) is 6.06.